The molecule has 1 aliphatic heterocycles. The first-order valence-electron chi connectivity index (χ1n) is 5.02. The highest BCUT2D eigenvalue weighted by Gasteiger charge is 2.23. The number of rotatable bonds is 1. The third-order valence-electron chi connectivity index (χ3n) is 3.06. The van der Waals surface area contributed by atoms with E-state index in [-0.39, 0.29) is 0 Å². The van der Waals surface area contributed by atoms with Crippen molar-refractivity contribution in [1.82, 2.24) is 4.90 Å². The fraction of sp³-hybridized carbons (Fsp3) is 0.900. The van der Waals surface area contributed by atoms with E-state index in [9.17, 15) is 0 Å². The minimum atomic E-state index is 0.951. The predicted molar refractivity (Wildman–Crippen MR) is 47.4 cm³/mol. The van der Waals surface area contributed by atoms with E-state index >= 15 is 0 Å². The fourth-order valence-electron chi connectivity index (χ4n) is 2.39. The van der Waals surface area contributed by atoms with Gasteiger partial charge in [-0.15, -0.1) is 0 Å². The summed E-state index contributed by atoms with van der Waals surface area (Å²) in [6.07, 6.45) is 11.1. The summed E-state index contributed by atoms with van der Waals surface area (Å²) in [6.45, 7) is 2.63. The highest BCUT2D eigenvalue weighted by atomic mass is 15.2. The Morgan fingerprint density at radius 2 is 1.91 bits per heavy atom. The Balaban J connectivity index is 1.82. The summed E-state index contributed by atoms with van der Waals surface area (Å²) >= 11 is 0. The fourth-order valence-corrected chi connectivity index (χ4v) is 2.39. The van der Waals surface area contributed by atoms with Crippen LogP contribution in [0.3, 0.4) is 0 Å². The van der Waals surface area contributed by atoms with E-state index in [2.05, 4.69) is 11.3 Å². The molecule has 63 valence electrons. The molecule has 1 aliphatic carbocycles. The van der Waals surface area contributed by atoms with Gasteiger partial charge in [0.15, 0.2) is 0 Å². The van der Waals surface area contributed by atoms with Crippen LogP contribution in [0.1, 0.15) is 38.5 Å². The lowest BCUT2D eigenvalue weighted by Crippen LogP contribution is -2.37. The van der Waals surface area contributed by atoms with Crippen molar-refractivity contribution in [1.29, 1.82) is 0 Å². The van der Waals surface area contributed by atoms with E-state index in [4.69, 9.17) is 0 Å². The van der Waals surface area contributed by atoms with Gasteiger partial charge in [0.25, 0.3) is 0 Å². The highest BCUT2D eigenvalue weighted by molar-refractivity contribution is 4.85. The minimum Gasteiger partial charge on any atom is -0.300 e. The molecule has 2 rings (SSSR count). The minimum absolute atomic E-state index is 0.951. The van der Waals surface area contributed by atoms with Crippen LogP contribution in [0.4, 0.5) is 0 Å². The number of hydrogen-bond donors (Lipinski definition) is 0. The molecule has 1 saturated carbocycles. The van der Waals surface area contributed by atoms with Crippen molar-refractivity contribution in [2.45, 2.75) is 44.6 Å². The quantitative estimate of drug-likeness (QED) is 0.557. The van der Waals surface area contributed by atoms with Gasteiger partial charge in [-0.3, -0.25) is 0 Å². The monoisotopic (exact) mass is 152 g/mol. The van der Waals surface area contributed by atoms with E-state index in [1.165, 1.54) is 51.6 Å². The van der Waals surface area contributed by atoms with Crippen LogP contribution in [0.15, 0.2) is 0 Å². The van der Waals surface area contributed by atoms with E-state index in [1.807, 2.05) is 0 Å². The Labute approximate surface area is 69.8 Å². The summed E-state index contributed by atoms with van der Waals surface area (Å²) in [4.78, 5) is 2.68. The van der Waals surface area contributed by atoms with Crippen LogP contribution in [-0.4, -0.2) is 24.0 Å². The van der Waals surface area contributed by atoms with Gasteiger partial charge in [-0.25, -0.2) is 0 Å². The van der Waals surface area contributed by atoms with E-state index in [0.717, 1.165) is 6.04 Å². The van der Waals surface area contributed by atoms with E-state index < -0.39 is 0 Å². The zero-order chi connectivity index (χ0) is 7.52. The molecule has 11 heavy (non-hydrogen) atoms. The van der Waals surface area contributed by atoms with Crippen LogP contribution in [-0.2, 0) is 0 Å². The van der Waals surface area contributed by atoms with Gasteiger partial charge in [0.1, 0.15) is 0 Å². The summed E-state index contributed by atoms with van der Waals surface area (Å²) in [5, 5.41) is 0. The van der Waals surface area contributed by atoms with Crippen LogP contribution >= 0.6 is 0 Å². The van der Waals surface area contributed by atoms with Crippen molar-refractivity contribution < 1.29 is 0 Å². The van der Waals surface area contributed by atoms with Crippen molar-refractivity contribution in [3.8, 4) is 0 Å². The molecule has 0 atom stereocenters. The molecule has 0 spiro atoms. The molecule has 0 aromatic rings. The second-order valence-corrected chi connectivity index (χ2v) is 3.86. The van der Waals surface area contributed by atoms with Gasteiger partial charge in [-0.2, -0.15) is 0 Å². The standard InChI is InChI=1S/C10H18N/c1-4-8-11(9-5-1)10-6-2-3-7-10/h4,10H,1-3,5-9H2. The zero-order valence-corrected chi connectivity index (χ0v) is 7.26. The number of piperidine rings is 1. The average Bonchev–Trinajstić information content (AvgIpc) is 2.58. The lowest BCUT2D eigenvalue weighted by molar-refractivity contribution is 0.191. The van der Waals surface area contributed by atoms with Gasteiger partial charge in [0, 0.05) is 12.6 Å². The molecule has 0 unspecified atom stereocenters. The molecule has 1 nitrogen and oxygen atoms in total. The first kappa shape index (κ1) is 7.60. The van der Waals surface area contributed by atoms with Gasteiger partial charge >= 0.3 is 0 Å². The largest absolute Gasteiger partial charge is 0.300 e. The smallest absolute Gasteiger partial charge is 0.00953 e. The third kappa shape index (κ3) is 1.76. The van der Waals surface area contributed by atoms with Crippen LogP contribution in [0.5, 0.6) is 0 Å². The molecule has 0 amide bonds. The van der Waals surface area contributed by atoms with Crippen molar-refractivity contribution >= 4 is 0 Å². The second-order valence-electron chi connectivity index (χ2n) is 3.86. The first-order chi connectivity index (χ1) is 5.47. The van der Waals surface area contributed by atoms with Crippen molar-refractivity contribution in [3.63, 3.8) is 0 Å². The molecule has 0 aromatic carbocycles. The van der Waals surface area contributed by atoms with Crippen LogP contribution in [0.2, 0.25) is 0 Å². The normalized spacial score (nSPS) is 29.5. The van der Waals surface area contributed by atoms with Crippen LogP contribution < -0.4 is 0 Å². The Morgan fingerprint density at radius 3 is 2.55 bits per heavy atom. The molecular weight excluding hydrogens is 134 g/mol. The molecule has 2 fully saturated rings. The van der Waals surface area contributed by atoms with Crippen molar-refractivity contribution in [3.05, 3.63) is 6.42 Å². The molecule has 0 aromatic heterocycles. The Morgan fingerprint density at radius 1 is 1.09 bits per heavy atom. The number of likely N-dealkylation sites (tertiary alicyclic amines) is 1. The SMILES string of the molecule is [CH]1CCCN(C2CCCC2)C1. The average molecular weight is 152 g/mol. The predicted octanol–water partition coefficient (Wildman–Crippen LogP) is 2.23. The maximum absolute atomic E-state index is 2.68. The molecule has 1 radical (unpaired) electrons. The number of nitrogens with zero attached hydrogens (tertiary/aromatic N) is 1. The maximum Gasteiger partial charge on any atom is 0.00953 e. The van der Waals surface area contributed by atoms with Gasteiger partial charge in [-0.05, 0) is 38.6 Å². The summed E-state index contributed by atoms with van der Waals surface area (Å²) in [5.41, 5.74) is 0. The van der Waals surface area contributed by atoms with Crippen molar-refractivity contribution in [2.75, 3.05) is 13.1 Å². The van der Waals surface area contributed by atoms with Crippen LogP contribution in [0.25, 0.3) is 0 Å². The topological polar surface area (TPSA) is 3.24 Å². The molecular formula is C10H18N. The summed E-state index contributed by atoms with van der Waals surface area (Å²) in [6, 6.07) is 0.951. The third-order valence-corrected chi connectivity index (χ3v) is 3.06. The van der Waals surface area contributed by atoms with Gasteiger partial charge in [-0.1, -0.05) is 12.8 Å². The molecule has 1 heteroatoms. The van der Waals surface area contributed by atoms with Crippen LogP contribution in [0, 0.1) is 6.42 Å². The van der Waals surface area contributed by atoms with E-state index in [1.54, 1.807) is 0 Å². The molecule has 1 heterocycles. The molecule has 0 N–H and O–H groups in total. The summed E-state index contributed by atoms with van der Waals surface area (Å²) in [5.74, 6) is 0. The molecule has 2 aliphatic rings. The number of hydrogen-bond acceptors (Lipinski definition) is 1. The Bertz CT molecular complexity index is 110. The maximum atomic E-state index is 2.68. The molecule has 0 bridgehead atoms. The van der Waals surface area contributed by atoms with E-state index in [0.29, 0.717) is 0 Å². The molecule has 1 saturated heterocycles. The van der Waals surface area contributed by atoms with Gasteiger partial charge in [0.2, 0.25) is 0 Å². The second kappa shape index (κ2) is 3.57. The Kier molecular flexibility index (Phi) is 2.47. The summed E-state index contributed by atoms with van der Waals surface area (Å²) in [7, 11) is 0. The summed E-state index contributed by atoms with van der Waals surface area (Å²) < 4.78 is 0. The Hall–Kier alpha value is -0.0400. The lowest BCUT2D eigenvalue weighted by atomic mass is 10.1. The van der Waals surface area contributed by atoms with Crippen molar-refractivity contribution in [2.24, 2.45) is 0 Å². The first-order valence-corrected chi connectivity index (χ1v) is 5.02. The van der Waals surface area contributed by atoms with Gasteiger partial charge < -0.3 is 4.90 Å². The highest BCUT2D eigenvalue weighted by Crippen LogP contribution is 2.25. The lowest BCUT2D eigenvalue weighted by Gasteiger charge is -2.31. The zero-order valence-electron chi connectivity index (χ0n) is 7.26. The van der Waals surface area contributed by atoms with Gasteiger partial charge in [0.05, 0.1) is 0 Å².